The quantitative estimate of drug-likeness (QED) is 0.462. The Morgan fingerprint density at radius 3 is 2.87 bits per heavy atom. The van der Waals surface area contributed by atoms with Crippen molar-refractivity contribution < 1.29 is 4.42 Å². The van der Waals surface area contributed by atoms with Crippen LogP contribution in [0.25, 0.3) is 10.2 Å². The van der Waals surface area contributed by atoms with Gasteiger partial charge in [-0.15, -0.1) is 21.5 Å². The molecule has 6 nitrogen and oxygen atoms in total. The van der Waals surface area contributed by atoms with E-state index in [1.807, 2.05) is 17.6 Å². The molecule has 31 heavy (non-hydrogen) atoms. The lowest BCUT2D eigenvalue weighted by Gasteiger charge is -2.42. The van der Waals surface area contributed by atoms with E-state index < -0.39 is 0 Å². The van der Waals surface area contributed by atoms with Gasteiger partial charge in [0.25, 0.3) is 0 Å². The molecule has 0 amide bonds. The third-order valence-corrected chi connectivity index (χ3v) is 8.00. The van der Waals surface area contributed by atoms with E-state index in [4.69, 9.17) is 27.6 Å². The first-order valence-corrected chi connectivity index (χ1v) is 11.8. The summed E-state index contributed by atoms with van der Waals surface area (Å²) in [5.74, 6) is 1.50. The molecule has 2 aromatic heterocycles. The number of fused-ring (bicyclic) bond motifs is 1. The topological polar surface area (TPSA) is 67.1 Å². The molecule has 0 bridgehead atoms. The number of aromatic nitrogens is 3. The lowest BCUT2D eigenvalue weighted by molar-refractivity contribution is 0.154. The minimum atomic E-state index is 0.111. The Hall–Kier alpha value is -2.19. The maximum Gasteiger partial charge on any atom is 0.222 e. The smallest absolute Gasteiger partial charge is 0.222 e. The standard InChI is InChI=1S/C22H19Cl2N5OS/c23-15-5-4-13(6-16(15)24)7-19-27-28-21(30-19)14-8-29(11-22(14)9-25-10-22)18-3-1-2-17-20(18)31-12-26-17/h1-6,12,14,25H,7-11H2. The monoisotopic (exact) mass is 471 g/mol. The van der Waals surface area contributed by atoms with Crippen LogP contribution in [-0.2, 0) is 6.42 Å². The molecule has 0 aliphatic carbocycles. The molecule has 2 aromatic carbocycles. The highest BCUT2D eigenvalue weighted by Crippen LogP contribution is 2.47. The van der Waals surface area contributed by atoms with Gasteiger partial charge < -0.3 is 14.6 Å². The van der Waals surface area contributed by atoms with Crippen LogP contribution in [0.5, 0.6) is 0 Å². The zero-order valence-electron chi connectivity index (χ0n) is 16.5. The van der Waals surface area contributed by atoms with Gasteiger partial charge in [0.15, 0.2) is 0 Å². The summed E-state index contributed by atoms with van der Waals surface area (Å²) >= 11 is 13.9. The van der Waals surface area contributed by atoms with Gasteiger partial charge in [0, 0.05) is 31.6 Å². The molecule has 2 aliphatic rings. The number of nitrogens with one attached hydrogen (secondary N) is 1. The SMILES string of the molecule is Clc1ccc(Cc2nnc(C3CN(c4cccc5ncsc45)CC34CNC4)o2)cc1Cl. The van der Waals surface area contributed by atoms with E-state index in [9.17, 15) is 0 Å². The third-order valence-electron chi connectivity index (χ3n) is 6.40. The summed E-state index contributed by atoms with van der Waals surface area (Å²) in [5, 5.41) is 13.3. The molecule has 0 saturated carbocycles. The number of halogens is 2. The van der Waals surface area contributed by atoms with Gasteiger partial charge in [-0.25, -0.2) is 4.98 Å². The predicted octanol–water partition coefficient (Wildman–Crippen LogP) is 4.77. The number of anilines is 1. The molecule has 2 aliphatic heterocycles. The molecule has 158 valence electrons. The largest absolute Gasteiger partial charge is 0.425 e. The predicted molar refractivity (Wildman–Crippen MR) is 123 cm³/mol. The van der Waals surface area contributed by atoms with Crippen LogP contribution in [0.4, 0.5) is 5.69 Å². The molecule has 1 unspecified atom stereocenters. The first-order chi connectivity index (χ1) is 15.1. The molecule has 6 rings (SSSR count). The Morgan fingerprint density at radius 1 is 1.16 bits per heavy atom. The average molecular weight is 472 g/mol. The molecule has 4 heterocycles. The summed E-state index contributed by atoms with van der Waals surface area (Å²) in [6.07, 6.45) is 0.533. The number of nitrogens with zero attached hydrogens (tertiary/aromatic N) is 4. The van der Waals surface area contributed by atoms with Crippen molar-refractivity contribution in [3.8, 4) is 0 Å². The highest BCUT2D eigenvalue weighted by Gasteiger charge is 2.53. The molecule has 9 heteroatoms. The van der Waals surface area contributed by atoms with Crippen molar-refractivity contribution in [2.24, 2.45) is 5.41 Å². The van der Waals surface area contributed by atoms with Crippen LogP contribution in [0.15, 0.2) is 46.3 Å². The van der Waals surface area contributed by atoms with Gasteiger partial charge in [-0.1, -0.05) is 35.3 Å². The van der Waals surface area contributed by atoms with E-state index in [-0.39, 0.29) is 11.3 Å². The van der Waals surface area contributed by atoms with Gasteiger partial charge in [0.2, 0.25) is 11.8 Å². The molecule has 4 aromatic rings. The van der Waals surface area contributed by atoms with Gasteiger partial charge in [0.1, 0.15) is 0 Å². The Morgan fingerprint density at radius 2 is 2.06 bits per heavy atom. The van der Waals surface area contributed by atoms with Crippen LogP contribution in [0.3, 0.4) is 0 Å². The lowest BCUT2D eigenvalue weighted by atomic mass is 9.73. The van der Waals surface area contributed by atoms with Crippen LogP contribution in [-0.4, -0.2) is 41.4 Å². The van der Waals surface area contributed by atoms with E-state index in [1.54, 1.807) is 17.4 Å². The highest BCUT2D eigenvalue weighted by molar-refractivity contribution is 7.17. The van der Waals surface area contributed by atoms with Crippen molar-refractivity contribution >= 4 is 50.4 Å². The Kier molecular flexibility index (Phi) is 4.68. The van der Waals surface area contributed by atoms with Crippen LogP contribution < -0.4 is 10.2 Å². The molecule has 1 spiro atoms. The maximum absolute atomic E-state index is 6.17. The van der Waals surface area contributed by atoms with Crippen LogP contribution in [0.2, 0.25) is 10.0 Å². The molecule has 2 saturated heterocycles. The van der Waals surface area contributed by atoms with Crippen LogP contribution >= 0.6 is 34.5 Å². The van der Waals surface area contributed by atoms with Crippen LogP contribution in [0.1, 0.15) is 23.3 Å². The summed E-state index contributed by atoms with van der Waals surface area (Å²) in [4.78, 5) is 6.93. The molecule has 1 N–H and O–H groups in total. The summed E-state index contributed by atoms with van der Waals surface area (Å²) < 4.78 is 7.40. The molecule has 2 fully saturated rings. The third kappa shape index (κ3) is 3.31. The second kappa shape index (κ2) is 7.45. The Labute approximate surface area is 193 Å². The number of benzene rings is 2. The summed E-state index contributed by atoms with van der Waals surface area (Å²) in [6, 6.07) is 11.9. The van der Waals surface area contributed by atoms with Crippen molar-refractivity contribution in [2.75, 3.05) is 31.1 Å². The van der Waals surface area contributed by atoms with Gasteiger partial charge in [-0.3, -0.25) is 0 Å². The maximum atomic E-state index is 6.17. The average Bonchev–Trinajstić information content (AvgIpc) is 3.47. The molecule has 0 radical (unpaired) electrons. The number of hydrogen-bond acceptors (Lipinski definition) is 7. The molecule has 1 atom stereocenters. The Bertz CT molecular complexity index is 1270. The van der Waals surface area contributed by atoms with E-state index >= 15 is 0 Å². The highest BCUT2D eigenvalue weighted by atomic mass is 35.5. The fourth-order valence-electron chi connectivity index (χ4n) is 4.72. The summed E-state index contributed by atoms with van der Waals surface area (Å²) in [5.41, 5.74) is 5.31. The zero-order valence-corrected chi connectivity index (χ0v) is 18.8. The van der Waals surface area contributed by atoms with Crippen LogP contribution in [0, 0.1) is 5.41 Å². The van der Waals surface area contributed by atoms with Gasteiger partial charge in [0.05, 0.1) is 43.8 Å². The van der Waals surface area contributed by atoms with Crippen molar-refractivity contribution in [3.63, 3.8) is 0 Å². The zero-order chi connectivity index (χ0) is 21.0. The lowest BCUT2D eigenvalue weighted by Crippen LogP contribution is -2.57. The van der Waals surface area contributed by atoms with E-state index in [2.05, 4.69) is 43.6 Å². The number of rotatable bonds is 4. The first kappa shape index (κ1) is 19.5. The van der Waals surface area contributed by atoms with Gasteiger partial charge in [-0.2, -0.15) is 0 Å². The fraction of sp³-hybridized carbons (Fsp3) is 0.318. The van der Waals surface area contributed by atoms with Gasteiger partial charge >= 0.3 is 0 Å². The molecular weight excluding hydrogens is 453 g/mol. The van der Waals surface area contributed by atoms with Crippen molar-refractivity contribution in [3.05, 3.63) is 69.3 Å². The number of hydrogen-bond donors (Lipinski definition) is 1. The number of thiazole rings is 1. The van der Waals surface area contributed by atoms with E-state index in [0.717, 1.165) is 43.1 Å². The molecular formula is C22H19Cl2N5OS. The van der Waals surface area contributed by atoms with Crippen molar-refractivity contribution in [1.82, 2.24) is 20.5 Å². The first-order valence-electron chi connectivity index (χ1n) is 10.2. The minimum Gasteiger partial charge on any atom is -0.425 e. The van der Waals surface area contributed by atoms with E-state index in [1.165, 1.54) is 10.4 Å². The van der Waals surface area contributed by atoms with E-state index in [0.29, 0.717) is 22.4 Å². The fourth-order valence-corrected chi connectivity index (χ4v) is 5.87. The van der Waals surface area contributed by atoms with Crippen molar-refractivity contribution in [1.29, 1.82) is 0 Å². The minimum absolute atomic E-state index is 0.111. The second-order valence-corrected chi connectivity index (χ2v) is 10.0. The second-order valence-electron chi connectivity index (χ2n) is 8.34. The normalized spacial score (nSPS) is 19.9. The Balaban J connectivity index is 1.28. The summed E-state index contributed by atoms with van der Waals surface area (Å²) in [6.45, 7) is 3.73. The summed E-state index contributed by atoms with van der Waals surface area (Å²) in [7, 11) is 0. The van der Waals surface area contributed by atoms with Gasteiger partial charge in [-0.05, 0) is 29.8 Å². The van der Waals surface area contributed by atoms with Crippen molar-refractivity contribution in [2.45, 2.75) is 12.3 Å².